The maximum absolute atomic E-state index is 12.7. The van der Waals surface area contributed by atoms with Crippen LogP contribution in [-0.2, 0) is 9.53 Å². The second kappa shape index (κ2) is 7.64. The van der Waals surface area contributed by atoms with Crippen LogP contribution in [0.2, 0.25) is 0 Å². The number of carbonyl (C=O) groups excluding carboxylic acids is 1. The summed E-state index contributed by atoms with van der Waals surface area (Å²) in [5.74, 6) is -0.193. The molecule has 2 N–H and O–H groups in total. The minimum Gasteiger partial charge on any atom is -0.479 e. The standard InChI is InChI=1S/C22H25NO5/c1-4-27-18-14-22(20(25)26,21(18,2)3)23-19(24)15-10-12-17(13-11-15)28-16-8-6-5-7-9-16/h5-13,18H,4,14H2,1-3H3,(H,23,24)(H,25,26). The zero-order valence-electron chi connectivity index (χ0n) is 16.3. The third kappa shape index (κ3) is 3.47. The van der Waals surface area contributed by atoms with Gasteiger partial charge in [0.25, 0.3) is 5.91 Å². The second-order valence-electron chi connectivity index (χ2n) is 7.47. The van der Waals surface area contributed by atoms with Crippen molar-refractivity contribution in [2.75, 3.05) is 6.61 Å². The molecule has 1 saturated carbocycles. The summed E-state index contributed by atoms with van der Waals surface area (Å²) in [5, 5.41) is 12.6. The van der Waals surface area contributed by atoms with E-state index in [1.165, 1.54) is 0 Å². The van der Waals surface area contributed by atoms with Gasteiger partial charge < -0.3 is 19.9 Å². The van der Waals surface area contributed by atoms with Crippen LogP contribution < -0.4 is 10.1 Å². The Morgan fingerprint density at radius 1 is 1.07 bits per heavy atom. The molecule has 2 aromatic carbocycles. The molecule has 2 aromatic rings. The molecule has 0 heterocycles. The number of hydrogen-bond donors (Lipinski definition) is 2. The van der Waals surface area contributed by atoms with E-state index in [4.69, 9.17) is 9.47 Å². The summed E-state index contributed by atoms with van der Waals surface area (Å²) in [4.78, 5) is 24.7. The van der Waals surface area contributed by atoms with Crippen LogP contribution in [0.1, 0.15) is 37.6 Å². The minimum atomic E-state index is -1.36. The first-order valence-corrected chi connectivity index (χ1v) is 9.30. The van der Waals surface area contributed by atoms with Crippen LogP contribution in [0.3, 0.4) is 0 Å². The number of para-hydroxylation sites is 1. The zero-order chi connectivity index (χ0) is 20.4. The summed E-state index contributed by atoms with van der Waals surface area (Å²) in [5.41, 5.74) is -1.71. The van der Waals surface area contributed by atoms with E-state index in [0.29, 0.717) is 23.7 Å². The van der Waals surface area contributed by atoms with E-state index in [1.807, 2.05) is 51.1 Å². The van der Waals surface area contributed by atoms with Crippen LogP contribution in [0.15, 0.2) is 54.6 Å². The predicted octanol–water partition coefficient (Wildman–Crippen LogP) is 3.87. The van der Waals surface area contributed by atoms with Crippen molar-refractivity contribution in [2.45, 2.75) is 38.8 Å². The van der Waals surface area contributed by atoms with E-state index in [1.54, 1.807) is 24.3 Å². The molecule has 0 spiro atoms. The van der Waals surface area contributed by atoms with Gasteiger partial charge in [-0.15, -0.1) is 0 Å². The minimum absolute atomic E-state index is 0.212. The number of hydrogen-bond acceptors (Lipinski definition) is 4. The van der Waals surface area contributed by atoms with Gasteiger partial charge in [0.2, 0.25) is 0 Å². The molecule has 2 atom stereocenters. The van der Waals surface area contributed by atoms with Crippen LogP contribution in [0.5, 0.6) is 11.5 Å². The SMILES string of the molecule is CCOC1CC(NC(=O)c2ccc(Oc3ccccc3)cc2)(C(=O)O)C1(C)C. The maximum Gasteiger partial charge on any atom is 0.330 e. The highest BCUT2D eigenvalue weighted by atomic mass is 16.5. The highest BCUT2D eigenvalue weighted by Crippen LogP contribution is 2.51. The van der Waals surface area contributed by atoms with E-state index in [0.717, 1.165) is 0 Å². The molecule has 2 unspecified atom stereocenters. The average Bonchev–Trinajstić information content (AvgIpc) is 2.68. The smallest absolute Gasteiger partial charge is 0.330 e. The van der Waals surface area contributed by atoms with Crippen LogP contribution in [-0.4, -0.2) is 35.2 Å². The largest absolute Gasteiger partial charge is 0.479 e. The van der Waals surface area contributed by atoms with Crippen LogP contribution >= 0.6 is 0 Å². The Morgan fingerprint density at radius 2 is 1.68 bits per heavy atom. The highest BCUT2D eigenvalue weighted by Gasteiger charge is 2.66. The molecule has 1 aliphatic rings. The third-order valence-corrected chi connectivity index (χ3v) is 5.55. The first kappa shape index (κ1) is 19.9. The number of nitrogens with one attached hydrogen (secondary N) is 1. The van der Waals surface area contributed by atoms with Gasteiger partial charge in [-0.1, -0.05) is 32.0 Å². The van der Waals surface area contributed by atoms with Crippen molar-refractivity contribution in [3.05, 3.63) is 60.2 Å². The summed E-state index contributed by atoms with van der Waals surface area (Å²) in [6, 6.07) is 15.9. The monoisotopic (exact) mass is 383 g/mol. The average molecular weight is 383 g/mol. The van der Waals surface area contributed by atoms with Crippen molar-refractivity contribution < 1.29 is 24.2 Å². The van der Waals surface area contributed by atoms with E-state index >= 15 is 0 Å². The number of aliphatic carboxylic acids is 1. The van der Waals surface area contributed by atoms with Gasteiger partial charge in [-0.05, 0) is 43.3 Å². The number of carbonyl (C=O) groups is 2. The van der Waals surface area contributed by atoms with E-state index in [2.05, 4.69) is 5.32 Å². The van der Waals surface area contributed by atoms with Crippen LogP contribution in [0.25, 0.3) is 0 Å². The Bertz CT molecular complexity index is 847. The van der Waals surface area contributed by atoms with Gasteiger partial charge >= 0.3 is 5.97 Å². The molecule has 0 radical (unpaired) electrons. The number of carboxylic acids is 1. The lowest BCUT2D eigenvalue weighted by molar-refractivity contribution is -0.190. The Morgan fingerprint density at radius 3 is 2.21 bits per heavy atom. The summed E-state index contributed by atoms with van der Waals surface area (Å²) in [6.45, 7) is 5.99. The number of rotatable bonds is 7. The van der Waals surface area contributed by atoms with Crippen LogP contribution in [0, 0.1) is 5.41 Å². The van der Waals surface area contributed by atoms with Crippen molar-refractivity contribution in [2.24, 2.45) is 5.41 Å². The first-order chi connectivity index (χ1) is 13.3. The molecule has 0 aliphatic heterocycles. The molecule has 0 aromatic heterocycles. The van der Waals surface area contributed by atoms with Gasteiger partial charge in [0.15, 0.2) is 0 Å². The fourth-order valence-corrected chi connectivity index (χ4v) is 3.60. The number of amides is 1. The van der Waals surface area contributed by atoms with Gasteiger partial charge in [0.1, 0.15) is 17.0 Å². The Balaban J connectivity index is 1.72. The lowest BCUT2D eigenvalue weighted by Gasteiger charge is -2.58. The molecule has 3 rings (SSSR count). The molecule has 148 valence electrons. The molecule has 6 nitrogen and oxygen atoms in total. The topological polar surface area (TPSA) is 84.9 Å². The lowest BCUT2D eigenvalue weighted by Crippen LogP contribution is -2.76. The first-order valence-electron chi connectivity index (χ1n) is 9.30. The third-order valence-electron chi connectivity index (χ3n) is 5.55. The molecular weight excluding hydrogens is 358 g/mol. The highest BCUT2D eigenvalue weighted by molar-refractivity contribution is 5.98. The Labute approximate surface area is 164 Å². The summed E-state index contributed by atoms with van der Waals surface area (Å²) < 4.78 is 11.3. The van der Waals surface area contributed by atoms with Crippen molar-refractivity contribution >= 4 is 11.9 Å². The second-order valence-corrected chi connectivity index (χ2v) is 7.47. The molecule has 1 aliphatic carbocycles. The van der Waals surface area contributed by atoms with Crippen molar-refractivity contribution in [1.29, 1.82) is 0 Å². The Kier molecular flexibility index (Phi) is 5.42. The van der Waals surface area contributed by atoms with Crippen molar-refractivity contribution in [1.82, 2.24) is 5.32 Å². The van der Waals surface area contributed by atoms with Gasteiger partial charge in [0, 0.05) is 24.0 Å². The normalized spacial score (nSPS) is 22.8. The molecule has 1 fully saturated rings. The summed E-state index contributed by atoms with van der Waals surface area (Å²) in [7, 11) is 0. The quantitative estimate of drug-likeness (QED) is 0.758. The number of benzene rings is 2. The molecule has 1 amide bonds. The van der Waals surface area contributed by atoms with Crippen molar-refractivity contribution in [3.63, 3.8) is 0 Å². The summed E-state index contributed by atoms with van der Waals surface area (Å²) >= 11 is 0. The van der Waals surface area contributed by atoms with Gasteiger partial charge in [-0.25, -0.2) is 4.79 Å². The zero-order valence-corrected chi connectivity index (χ0v) is 16.3. The van der Waals surface area contributed by atoms with Gasteiger partial charge in [-0.3, -0.25) is 4.79 Å². The van der Waals surface area contributed by atoms with E-state index in [-0.39, 0.29) is 12.5 Å². The predicted molar refractivity (Wildman–Crippen MR) is 105 cm³/mol. The molecule has 28 heavy (non-hydrogen) atoms. The number of ether oxygens (including phenoxy) is 2. The fourth-order valence-electron chi connectivity index (χ4n) is 3.60. The van der Waals surface area contributed by atoms with E-state index in [9.17, 15) is 14.7 Å². The fraction of sp³-hybridized carbons (Fsp3) is 0.364. The Hall–Kier alpha value is -2.86. The van der Waals surface area contributed by atoms with Crippen molar-refractivity contribution in [3.8, 4) is 11.5 Å². The molecular formula is C22H25NO5. The van der Waals surface area contributed by atoms with Gasteiger partial charge in [0.05, 0.1) is 6.10 Å². The molecule has 6 heteroatoms. The van der Waals surface area contributed by atoms with E-state index < -0.39 is 22.8 Å². The van der Waals surface area contributed by atoms with Crippen LogP contribution in [0.4, 0.5) is 0 Å². The molecule has 0 saturated heterocycles. The summed E-state index contributed by atoms with van der Waals surface area (Å²) in [6.07, 6.45) is 0.0277. The van der Waals surface area contributed by atoms with Gasteiger partial charge in [-0.2, -0.15) is 0 Å². The lowest BCUT2D eigenvalue weighted by atomic mass is 9.54. The molecule has 0 bridgehead atoms. The maximum atomic E-state index is 12.7. The number of carboxylic acid groups (broad SMARTS) is 1.